The fourth-order valence-corrected chi connectivity index (χ4v) is 5.07. The van der Waals surface area contributed by atoms with E-state index in [1.54, 1.807) is 17.1 Å². The molecular formula is C28H30F4N12O2. The van der Waals surface area contributed by atoms with Gasteiger partial charge < -0.3 is 15.0 Å². The Hall–Kier alpha value is -4.97. The molecule has 1 fully saturated rings. The Kier molecular flexibility index (Phi) is 8.89. The largest absolute Gasteiger partial charge is 0.434 e. The number of hydrogen-bond donors (Lipinski definition) is 1. The molecule has 6 rings (SSSR count). The second kappa shape index (κ2) is 13.2. The number of carbonyl (C=O) groups excluding carboxylic acids is 1. The lowest BCUT2D eigenvalue weighted by Gasteiger charge is -2.38. The third-order valence-electron chi connectivity index (χ3n) is 7.34. The van der Waals surface area contributed by atoms with Crippen LogP contribution in [0.25, 0.3) is 16.9 Å². The van der Waals surface area contributed by atoms with E-state index in [0.29, 0.717) is 5.82 Å². The van der Waals surface area contributed by atoms with E-state index in [1.165, 1.54) is 46.0 Å². The van der Waals surface area contributed by atoms with Crippen LogP contribution in [0.3, 0.4) is 0 Å². The molecule has 0 radical (unpaired) electrons. The van der Waals surface area contributed by atoms with E-state index in [2.05, 4.69) is 45.7 Å². The van der Waals surface area contributed by atoms with Crippen molar-refractivity contribution in [3.63, 3.8) is 0 Å². The third-order valence-corrected chi connectivity index (χ3v) is 7.34. The lowest BCUT2D eigenvalue weighted by Crippen LogP contribution is -2.50. The highest BCUT2D eigenvalue weighted by Crippen LogP contribution is 2.36. The number of nitrogens with one attached hydrogen (secondary N) is 1. The van der Waals surface area contributed by atoms with Gasteiger partial charge in [0.05, 0.1) is 17.9 Å². The molecule has 0 atom stereocenters. The molecule has 1 aromatic carbocycles. The zero-order valence-electron chi connectivity index (χ0n) is 24.8. The van der Waals surface area contributed by atoms with Gasteiger partial charge in [0.15, 0.2) is 11.5 Å². The topological polar surface area (TPSA) is 136 Å². The lowest BCUT2D eigenvalue weighted by atomic mass is 10.0. The lowest BCUT2D eigenvalue weighted by molar-refractivity contribution is -0.0494. The van der Waals surface area contributed by atoms with Gasteiger partial charge in [-0.1, -0.05) is 6.07 Å². The Labute approximate surface area is 259 Å². The smallest absolute Gasteiger partial charge is 0.387 e. The summed E-state index contributed by atoms with van der Waals surface area (Å²) < 4.78 is 60.8. The minimum absolute atomic E-state index is 0.00691. The standard InChI is InChI=1S/C28H30F4N12O2/c1-40(2)8-9-41-13-18(14-41)44-37-24(36-39-44)16-42-15-21(35-27(45)20-12-34-43-7-3-6-33-26(20)43)25(38-42)19-10-17(11-23(29)30)4-5-22(19)46-28(31)32/h3-7,10,12,15,18,23,28H,8-9,11,13-14,16H2,1-2H3,(H,35,45). The number of anilines is 1. The zero-order chi connectivity index (χ0) is 32.4. The number of alkyl halides is 4. The zero-order valence-corrected chi connectivity index (χ0v) is 24.8. The number of likely N-dealkylation sites (N-methyl/N-ethyl adjacent to an activating group) is 1. The van der Waals surface area contributed by atoms with Crippen molar-refractivity contribution in [1.82, 2.24) is 54.4 Å². The average molecular weight is 643 g/mol. The number of amides is 1. The van der Waals surface area contributed by atoms with Crippen LogP contribution >= 0.6 is 0 Å². The molecule has 46 heavy (non-hydrogen) atoms. The second-order valence-corrected chi connectivity index (χ2v) is 11.0. The summed E-state index contributed by atoms with van der Waals surface area (Å²) in [4.78, 5) is 23.5. The summed E-state index contributed by atoms with van der Waals surface area (Å²) in [5, 5.41) is 24.2. The van der Waals surface area contributed by atoms with Gasteiger partial charge in [-0.2, -0.15) is 23.8 Å². The monoisotopic (exact) mass is 642 g/mol. The van der Waals surface area contributed by atoms with Crippen molar-refractivity contribution in [2.75, 3.05) is 45.6 Å². The third kappa shape index (κ3) is 6.96. The number of hydrogen-bond acceptors (Lipinski definition) is 10. The predicted molar refractivity (Wildman–Crippen MR) is 156 cm³/mol. The highest BCUT2D eigenvalue weighted by molar-refractivity contribution is 6.09. The number of nitrogens with zero attached hydrogens (tertiary/aromatic N) is 11. The maximum atomic E-state index is 13.4. The molecule has 5 aromatic rings. The van der Waals surface area contributed by atoms with Gasteiger partial charge in [0, 0.05) is 56.8 Å². The number of likely N-dealkylation sites (tertiary alicyclic amines) is 1. The van der Waals surface area contributed by atoms with Crippen LogP contribution in [0.2, 0.25) is 0 Å². The van der Waals surface area contributed by atoms with Crippen LogP contribution in [-0.2, 0) is 13.0 Å². The van der Waals surface area contributed by atoms with E-state index >= 15 is 0 Å². The summed E-state index contributed by atoms with van der Waals surface area (Å²) in [7, 11) is 4.04. The van der Waals surface area contributed by atoms with Crippen LogP contribution in [0, 0.1) is 0 Å². The molecular weight excluding hydrogens is 612 g/mol. The minimum Gasteiger partial charge on any atom is -0.434 e. The summed E-state index contributed by atoms with van der Waals surface area (Å²) >= 11 is 0. The van der Waals surface area contributed by atoms with E-state index in [-0.39, 0.29) is 52.1 Å². The van der Waals surface area contributed by atoms with Gasteiger partial charge in [0.1, 0.15) is 23.6 Å². The second-order valence-electron chi connectivity index (χ2n) is 11.0. The molecule has 14 nitrogen and oxygen atoms in total. The molecule has 18 heteroatoms. The Morgan fingerprint density at radius 3 is 2.76 bits per heavy atom. The highest BCUT2D eigenvalue weighted by atomic mass is 19.3. The number of aromatic nitrogens is 9. The number of rotatable bonds is 13. The van der Waals surface area contributed by atoms with Gasteiger partial charge >= 0.3 is 6.61 Å². The number of carbonyl (C=O) groups is 1. The summed E-state index contributed by atoms with van der Waals surface area (Å²) in [6.45, 7) is 0.246. The predicted octanol–water partition coefficient (Wildman–Crippen LogP) is 2.71. The molecule has 0 bridgehead atoms. The van der Waals surface area contributed by atoms with Crippen LogP contribution < -0.4 is 10.1 Å². The molecule has 1 N–H and O–H groups in total. The van der Waals surface area contributed by atoms with Gasteiger partial charge in [-0.15, -0.1) is 10.2 Å². The number of halogens is 4. The number of fused-ring (bicyclic) bond motifs is 1. The Balaban J connectivity index is 1.30. The van der Waals surface area contributed by atoms with Crippen molar-refractivity contribution in [1.29, 1.82) is 0 Å². The molecule has 1 aliphatic rings. The summed E-state index contributed by atoms with van der Waals surface area (Å²) in [6, 6.07) is 5.45. The summed E-state index contributed by atoms with van der Waals surface area (Å²) in [6.07, 6.45) is 2.62. The molecule has 1 saturated heterocycles. The normalized spacial score (nSPS) is 14.1. The number of tetrazole rings is 1. The Morgan fingerprint density at radius 2 is 2.00 bits per heavy atom. The van der Waals surface area contributed by atoms with Gasteiger partial charge in [-0.25, -0.2) is 18.3 Å². The van der Waals surface area contributed by atoms with Crippen molar-refractivity contribution < 1.29 is 27.1 Å². The quantitative estimate of drug-likeness (QED) is 0.191. The fraction of sp³-hybridized carbons (Fsp3) is 0.393. The van der Waals surface area contributed by atoms with Crippen molar-refractivity contribution in [2.24, 2.45) is 0 Å². The number of benzene rings is 1. The molecule has 0 unspecified atom stereocenters. The molecule has 0 aliphatic carbocycles. The first-order chi connectivity index (χ1) is 22.1. The maximum absolute atomic E-state index is 13.4. The first-order valence-electron chi connectivity index (χ1n) is 14.3. The Bertz CT molecular complexity index is 1810. The van der Waals surface area contributed by atoms with Crippen LogP contribution in [0.4, 0.5) is 23.2 Å². The molecule has 4 aromatic heterocycles. The molecule has 5 heterocycles. The minimum atomic E-state index is -3.20. The summed E-state index contributed by atoms with van der Waals surface area (Å²) in [5.74, 6) is -0.595. The molecule has 0 saturated carbocycles. The van der Waals surface area contributed by atoms with Crippen LogP contribution in [0.5, 0.6) is 5.75 Å². The summed E-state index contributed by atoms with van der Waals surface area (Å²) in [5.41, 5.74) is 0.666. The van der Waals surface area contributed by atoms with Crippen molar-refractivity contribution >= 4 is 17.2 Å². The number of ether oxygens (including phenoxy) is 1. The first kappa shape index (κ1) is 31.0. The molecule has 0 spiro atoms. The van der Waals surface area contributed by atoms with Gasteiger partial charge in [-0.3, -0.25) is 14.4 Å². The highest BCUT2D eigenvalue weighted by Gasteiger charge is 2.30. The van der Waals surface area contributed by atoms with Crippen molar-refractivity contribution in [3.8, 4) is 17.0 Å². The van der Waals surface area contributed by atoms with Gasteiger partial charge in [0.25, 0.3) is 5.91 Å². The molecule has 242 valence electrons. The van der Waals surface area contributed by atoms with E-state index < -0.39 is 25.4 Å². The Morgan fingerprint density at radius 1 is 1.17 bits per heavy atom. The van der Waals surface area contributed by atoms with Crippen molar-refractivity contribution in [3.05, 3.63) is 66.0 Å². The fourth-order valence-electron chi connectivity index (χ4n) is 5.07. The van der Waals surface area contributed by atoms with E-state index in [9.17, 15) is 22.4 Å². The van der Waals surface area contributed by atoms with Crippen LogP contribution in [-0.4, -0.2) is 114 Å². The van der Waals surface area contributed by atoms with E-state index in [0.717, 1.165) is 26.2 Å². The molecule has 1 amide bonds. The van der Waals surface area contributed by atoms with E-state index in [1.807, 2.05) is 14.1 Å². The van der Waals surface area contributed by atoms with Gasteiger partial charge in [-0.05, 0) is 43.1 Å². The van der Waals surface area contributed by atoms with Crippen LogP contribution in [0.15, 0.2) is 49.1 Å². The first-order valence-corrected chi connectivity index (χ1v) is 14.3. The van der Waals surface area contributed by atoms with Gasteiger partial charge in [0.2, 0.25) is 6.43 Å². The molecule has 1 aliphatic heterocycles. The van der Waals surface area contributed by atoms with Crippen LogP contribution in [0.1, 0.15) is 27.8 Å². The average Bonchev–Trinajstić information content (AvgIpc) is 3.71. The van der Waals surface area contributed by atoms with E-state index in [4.69, 9.17) is 4.74 Å². The SMILES string of the molecule is CN(C)CCN1CC(n2nnc(Cn3cc(NC(=O)c4cnn5cccnc45)c(-c4cc(CC(F)F)ccc4OC(F)F)n3)n2)C1. The van der Waals surface area contributed by atoms with Crippen molar-refractivity contribution in [2.45, 2.75) is 32.0 Å². The maximum Gasteiger partial charge on any atom is 0.387 e.